The normalized spacial score (nSPS) is 18.9. The largest absolute Gasteiger partial charge is 0.381 e. The van der Waals surface area contributed by atoms with E-state index < -0.39 is 11.3 Å². The van der Waals surface area contributed by atoms with Gasteiger partial charge in [0.05, 0.1) is 5.41 Å². The van der Waals surface area contributed by atoms with Crippen molar-refractivity contribution in [3.63, 3.8) is 0 Å². The molecule has 5 rings (SSSR count). The van der Waals surface area contributed by atoms with Gasteiger partial charge in [0.25, 0.3) is 5.91 Å². The maximum absolute atomic E-state index is 12.9. The highest BCUT2D eigenvalue weighted by molar-refractivity contribution is 6.03. The van der Waals surface area contributed by atoms with E-state index in [9.17, 15) is 4.79 Å². The summed E-state index contributed by atoms with van der Waals surface area (Å²) in [4.78, 5) is 19.7. The first-order valence-electron chi connectivity index (χ1n) is 11.8. The second-order valence-electron chi connectivity index (χ2n) is 9.99. The summed E-state index contributed by atoms with van der Waals surface area (Å²) in [5.74, 6) is 0.362. The van der Waals surface area contributed by atoms with Gasteiger partial charge in [-0.3, -0.25) is 4.79 Å². The van der Waals surface area contributed by atoms with Crippen LogP contribution in [0, 0.1) is 16.7 Å². The molecular formula is C25H28N8O2. The molecule has 1 saturated heterocycles. The average molecular weight is 473 g/mol. The van der Waals surface area contributed by atoms with Crippen LogP contribution in [-0.2, 0) is 10.2 Å². The molecule has 1 aliphatic heterocycles. The molecule has 1 aromatic carbocycles. The molecule has 2 aromatic heterocycles. The van der Waals surface area contributed by atoms with E-state index in [4.69, 9.17) is 10.00 Å². The second kappa shape index (κ2) is 9.07. The fourth-order valence-electron chi connectivity index (χ4n) is 4.94. The number of ether oxygens (including phenoxy) is 1. The van der Waals surface area contributed by atoms with Crippen LogP contribution in [0.2, 0.25) is 0 Å². The number of H-pyrrole nitrogens is 2. The molecule has 0 radical (unpaired) electrons. The number of hydrogen-bond acceptors (Lipinski definition) is 7. The SMILES string of the molecule is CC1(C)CC=C(c2cc(C3(c4nn[nH]n4)CCOCC3)ccc2NC(=O)c2nc(C#N)c[nH]2)CC1. The second-order valence-corrected chi connectivity index (χ2v) is 9.99. The molecule has 10 heteroatoms. The van der Waals surface area contributed by atoms with Crippen LogP contribution >= 0.6 is 0 Å². The van der Waals surface area contributed by atoms with Crippen molar-refractivity contribution in [3.8, 4) is 6.07 Å². The van der Waals surface area contributed by atoms with Crippen LogP contribution in [0.25, 0.3) is 5.57 Å². The van der Waals surface area contributed by atoms with Gasteiger partial charge in [0.1, 0.15) is 6.07 Å². The Morgan fingerprint density at radius 2 is 2.06 bits per heavy atom. The van der Waals surface area contributed by atoms with E-state index in [0.717, 1.165) is 43.2 Å². The van der Waals surface area contributed by atoms with Gasteiger partial charge in [-0.15, -0.1) is 10.2 Å². The monoisotopic (exact) mass is 472 g/mol. The quantitative estimate of drug-likeness (QED) is 0.513. The number of tetrazole rings is 1. The molecule has 1 fully saturated rings. The maximum atomic E-state index is 12.9. The van der Waals surface area contributed by atoms with Crippen LogP contribution in [0.4, 0.5) is 5.69 Å². The first-order valence-corrected chi connectivity index (χ1v) is 11.8. The highest BCUT2D eigenvalue weighted by Gasteiger charge is 2.40. The molecule has 2 aliphatic rings. The van der Waals surface area contributed by atoms with E-state index in [1.165, 1.54) is 11.8 Å². The van der Waals surface area contributed by atoms with Crippen LogP contribution in [0.1, 0.15) is 79.2 Å². The molecule has 180 valence electrons. The van der Waals surface area contributed by atoms with Crippen LogP contribution in [0.3, 0.4) is 0 Å². The number of nitrogens with zero attached hydrogens (tertiary/aromatic N) is 5. The minimum atomic E-state index is -0.417. The van der Waals surface area contributed by atoms with Gasteiger partial charge >= 0.3 is 0 Å². The van der Waals surface area contributed by atoms with Crippen molar-refractivity contribution in [1.82, 2.24) is 30.6 Å². The number of rotatable bonds is 5. The Morgan fingerprint density at radius 1 is 1.23 bits per heavy atom. The summed E-state index contributed by atoms with van der Waals surface area (Å²) < 4.78 is 5.66. The average Bonchev–Trinajstić information content (AvgIpc) is 3.58. The zero-order chi connectivity index (χ0) is 24.5. The predicted molar refractivity (Wildman–Crippen MR) is 128 cm³/mol. The first kappa shape index (κ1) is 22.9. The van der Waals surface area contributed by atoms with Crippen LogP contribution in [-0.4, -0.2) is 49.7 Å². The lowest BCUT2D eigenvalue weighted by Crippen LogP contribution is -2.36. The van der Waals surface area contributed by atoms with E-state index in [1.54, 1.807) is 0 Å². The summed E-state index contributed by atoms with van der Waals surface area (Å²) in [6.07, 6.45) is 8.13. The number of nitrogens with one attached hydrogen (secondary N) is 3. The number of nitriles is 1. The molecule has 1 amide bonds. The van der Waals surface area contributed by atoms with E-state index in [2.05, 4.69) is 61.9 Å². The zero-order valence-corrected chi connectivity index (χ0v) is 19.9. The first-order chi connectivity index (χ1) is 16.9. The van der Waals surface area contributed by atoms with E-state index in [0.29, 0.717) is 24.7 Å². The van der Waals surface area contributed by atoms with Gasteiger partial charge in [0.2, 0.25) is 0 Å². The van der Waals surface area contributed by atoms with Crippen molar-refractivity contribution in [1.29, 1.82) is 5.26 Å². The molecule has 0 spiro atoms. The third-order valence-electron chi connectivity index (χ3n) is 7.17. The zero-order valence-electron chi connectivity index (χ0n) is 19.9. The Hall–Kier alpha value is -3.84. The smallest absolute Gasteiger partial charge is 0.291 e. The van der Waals surface area contributed by atoms with Gasteiger partial charge in [-0.05, 0) is 60.8 Å². The summed E-state index contributed by atoms with van der Waals surface area (Å²) in [6.45, 7) is 5.77. The Labute approximate surface area is 203 Å². The van der Waals surface area contributed by atoms with Gasteiger partial charge in [-0.1, -0.05) is 31.2 Å². The van der Waals surface area contributed by atoms with Crippen molar-refractivity contribution in [2.45, 2.75) is 51.4 Å². The molecule has 3 aromatic rings. The number of amides is 1. The Kier molecular flexibility index (Phi) is 5.94. The fraction of sp³-hybridized carbons (Fsp3) is 0.440. The number of allylic oxidation sites excluding steroid dienone is 2. The highest BCUT2D eigenvalue weighted by atomic mass is 16.5. The van der Waals surface area contributed by atoms with E-state index in [1.807, 2.05) is 18.2 Å². The van der Waals surface area contributed by atoms with Gasteiger partial charge in [0.15, 0.2) is 17.3 Å². The third-order valence-corrected chi connectivity index (χ3v) is 7.17. The summed E-state index contributed by atoms with van der Waals surface area (Å²) in [5.41, 5.74) is 3.96. The molecule has 0 bridgehead atoms. The molecule has 1 aliphatic carbocycles. The number of benzene rings is 1. The lowest BCUT2D eigenvalue weighted by molar-refractivity contribution is 0.0605. The van der Waals surface area contributed by atoms with Gasteiger partial charge in [-0.25, -0.2) is 4.98 Å². The Morgan fingerprint density at radius 3 is 2.71 bits per heavy atom. The van der Waals surface area contributed by atoms with Crippen LogP contribution < -0.4 is 5.32 Å². The molecule has 0 atom stereocenters. The predicted octanol–water partition coefficient (Wildman–Crippen LogP) is 3.74. The summed E-state index contributed by atoms with van der Waals surface area (Å²) >= 11 is 0. The minimum absolute atomic E-state index is 0.100. The number of carbonyl (C=O) groups is 1. The Balaban J connectivity index is 1.56. The third kappa shape index (κ3) is 4.47. The number of aromatic nitrogens is 6. The number of hydrogen-bond donors (Lipinski definition) is 3. The lowest BCUT2D eigenvalue weighted by atomic mass is 9.72. The molecule has 3 N–H and O–H groups in total. The molecule has 0 unspecified atom stereocenters. The van der Waals surface area contributed by atoms with Gasteiger partial charge in [0, 0.05) is 30.7 Å². The van der Waals surface area contributed by atoms with Crippen LogP contribution in [0.15, 0.2) is 30.5 Å². The lowest BCUT2D eigenvalue weighted by Gasteiger charge is -2.36. The number of carbonyl (C=O) groups excluding carboxylic acids is 1. The molecule has 0 saturated carbocycles. The van der Waals surface area contributed by atoms with Crippen LogP contribution in [0.5, 0.6) is 0 Å². The van der Waals surface area contributed by atoms with Crippen molar-refractivity contribution < 1.29 is 9.53 Å². The van der Waals surface area contributed by atoms with Gasteiger partial charge in [-0.2, -0.15) is 10.5 Å². The summed E-state index contributed by atoms with van der Waals surface area (Å²) in [7, 11) is 0. The van der Waals surface area contributed by atoms with Crippen molar-refractivity contribution in [2.75, 3.05) is 18.5 Å². The summed E-state index contributed by atoms with van der Waals surface area (Å²) in [6, 6.07) is 8.06. The number of anilines is 1. The molecule has 35 heavy (non-hydrogen) atoms. The highest BCUT2D eigenvalue weighted by Crippen LogP contribution is 2.44. The minimum Gasteiger partial charge on any atom is -0.381 e. The molecule has 10 nitrogen and oxygen atoms in total. The standard InChI is InChI=1S/C25H28N8O2/c1-24(2)7-5-16(6-8-24)19-13-17(25(9-11-35-12-10-25)23-30-32-33-31-23)3-4-20(19)29-22(34)21-27-15-18(14-26)28-21/h3-5,13,15H,6-12H2,1-2H3,(H,27,28)(H,29,34)(H,30,31,32,33). The number of imidazole rings is 1. The molecular weight excluding hydrogens is 444 g/mol. The van der Waals surface area contributed by atoms with E-state index in [-0.39, 0.29) is 16.9 Å². The van der Waals surface area contributed by atoms with Crippen molar-refractivity contribution >= 4 is 17.2 Å². The number of aromatic amines is 2. The van der Waals surface area contributed by atoms with Crippen molar-refractivity contribution in [2.24, 2.45) is 5.41 Å². The topological polar surface area (TPSA) is 145 Å². The maximum Gasteiger partial charge on any atom is 0.291 e. The Bertz CT molecular complexity index is 1290. The van der Waals surface area contributed by atoms with Gasteiger partial charge < -0.3 is 15.0 Å². The van der Waals surface area contributed by atoms with Crippen molar-refractivity contribution in [3.05, 3.63) is 58.9 Å². The molecule has 3 heterocycles. The van der Waals surface area contributed by atoms with E-state index >= 15 is 0 Å². The fourth-order valence-corrected chi connectivity index (χ4v) is 4.94. The summed E-state index contributed by atoms with van der Waals surface area (Å²) in [5, 5.41) is 27.1.